The molecule has 458 valence electrons. The number of nitrogens with one attached hydrogen (secondary N) is 1. The van der Waals surface area contributed by atoms with Gasteiger partial charge in [-0.1, -0.05) is 62.1 Å². The van der Waals surface area contributed by atoms with Crippen molar-refractivity contribution in [3.63, 3.8) is 0 Å². The number of nitrogens with zero attached hydrogens (tertiary/aromatic N) is 3. The molecule has 0 saturated carbocycles. The van der Waals surface area contributed by atoms with Crippen LogP contribution in [0.4, 0.5) is 17.1 Å². The molecule has 0 unspecified atom stereocenters. The molecule has 23 heteroatoms. The van der Waals surface area contributed by atoms with Gasteiger partial charge in [0.25, 0.3) is 40.5 Å². The SMILES string of the molecule is CC1(C)C(/C=C/C2=C(Oc3ccc(S(=O)(=O)O)cc3)C(=C/C=C3/N(CCCCS(=O)(=O)O)c4ccc(S(=O)(=O)O)cc4C3(C)C)/CCC2)=[N+](CCCCCC(=O)NCCC(=O)N2Cc3ccccc3C#Cc3ccccc32)c2ccc(S(=O)(=O)O)cc21. The fraction of sp³-hybridized carbons (Fsp3) is 0.328. The van der Waals surface area contributed by atoms with Gasteiger partial charge in [0.15, 0.2) is 5.71 Å². The lowest BCUT2D eigenvalue weighted by atomic mass is 9.81. The molecule has 0 radical (unpaired) electrons. The number of rotatable bonds is 22. The van der Waals surface area contributed by atoms with Gasteiger partial charge in [0.05, 0.1) is 38.1 Å². The smallest absolute Gasteiger partial charge is 0.294 e. The van der Waals surface area contributed by atoms with Crippen LogP contribution in [0, 0.1) is 11.8 Å². The van der Waals surface area contributed by atoms with Crippen molar-refractivity contribution in [3.05, 3.63) is 184 Å². The normalized spacial score (nSPS) is 17.3. The number of carbonyl (C=O) groups is 2. The van der Waals surface area contributed by atoms with Crippen LogP contribution >= 0.6 is 0 Å². The number of hydrogen-bond donors (Lipinski definition) is 5. The molecule has 0 bridgehead atoms. The molecule has 5 aromatic carbocycles. The Labute approximate surface area is 508 Å². The summed E-state index contributed by atoms with van der Waals surface area (Å²) in [6, 6.07) is 29.2. The number of fused-ring (bicyclic) bond motifs is 4. The second-order valence-electron chi connectivity index (χ2n) is 22.9. The number of unbranched alkanes of at least 4 members (excludes halogenated alkanes) is 3. The fourth-order valence-electron chi connectivity index (χ4n) is 11.6. The zero-order valence-corrected chi connectivity index (χ0v) is 51.8. The van der Waals surface area contributed by atoms with Crippen molar-refractivity contribution >= 4 is 75.1 Å². The molecule has 19 nitrogen and oxygen atoms in total. The fourth-order valence-corrected chi connectivity index (χ4v) is 13.7. The van der Waals surface area contributed by atoms with Gasteiger partial charge in [-0.3, -0.25) is 27.8 Å². The third-order valence-corrected chi connectivity index (χ3v) is 19.6. The van der Waals surface area contributed by atoms with Crippen molar-refractivity contribution < 1.29 is 70.8 Å². The topological polar surface area (TPSA) is 282 Å². The number of para-hydroxylation sites is 1. The molecule has 0 saturated heterocycles. The lowest BCUT2D eigenvalue weighted by Crippen LogP contribution is -2.35. The van der Waals surface area contributed by atoms with E-state index in [4.69, 9.17) is 4.74 Å². The first-order valence-corrected chi connectivity index (χ1v) is 34.4. The Balaban J connectivity index is 0.981. The lowest BCUT2D eigenvalue weighted by molar-refractivity contribution is -0.438. The number of allylic oxidation sites excluding steroid dienone is 7. The van der Waals surface area contributed by atoms with E-state index in [0.29, 0.717) is 97.6 Å². The maximum absolute atomic E-state index is 13.8. The van der Waals surface area contributed by atoms with Crippen molar-refractivity contribution in [2.45, 2.75) is 124 Å². The first-order chi connectivity index (χ1) is 41.0. The molecule has 9 rings (SSSR count). The van der Waals surface area contributed by atoms with Gasteiger partial charge in [-0.2, -0.15) is 38.2 Å². The van der Waals surface area contributed by atoms with Gasteiger partial charge in [-0.15, -0.1) is 0 Å². The molecule has 0 spiro atoms. The summed E-state index contributed by atoms with van der Waals surface area (Å²) < 4.78 is 145. The van der Waals surface area contributed by atoms with Crippen molar-refractivity contribution in [2.24, 2.45) is 0 Å². The predicted octanol–water partition coefficient (Wildman–Crippen LogP) is 10.2. The predicted molar refractivity (Wildman–Crippen MR) is 331 cm³/mol. The summed E-state index contributed by atoms with van der Waals surface area (Å²) in [6.07, 6.45) is 11.8. The number of hydrogen-bond acceptors (Lipinski definition) is 12. The molecule has 3 aliphatic heterocycles. The summed E-state index contributed by atoms with van der Waals surface area (Å²) >= 11 is 0. The van der Waals surface area contributed by atoms with E-state index in [1.807, 2.05) is 105 Å². The Hall–Kier alpha value is -7.53. The van der Waals surface area contributed by atoms with Crippen LogP contribution in [0.25, 0.3) is 0 Å². The lowest BCUT2D eigenvalue weighted by Gasteiger charge is -2.27. The molecule has 4 aliphatic rings. The van der Waals surface area contributed by atoms with Gasteiger partial charge in [-0.25, -0.2) is 0 Å². The molecule has 5 aromatic rings. The summed E-state index contributed by atoms with van der Waals surface area (Å²) in [5, 5.41) is 2.92. The second-order valence-corrected chi connectivity index (χ2v) is 28.7. The summed E-state index contributed by atoms with van der Waals surface area (Å²) in [6.45, 7) is 8.90. The van der Waals surface area contributed by atoms with E-state index in [-0.39, 0.29) is 64.6 Å². The third-order valence-electron chi connectivity index (χ3n) is 16.2. The molecule has 0 aromatic heterocycles. The summed E-state index contributed by atoms with van der Waals surface area (Å²) in [5.74, 6) is 6.29. The number of amides is 2. The van der Waals surface area contributed by atoms with Crippen LogP contribution in [0.1, 0.15) is 120 Å². The highest BCUT2D eigenvalue weighted by atomic mass is 32.2. The van der Waals surface area contributed by atoms with Crippen LogP contribution in [0.2, 0.25) is 0 Å². The molecule has 87 heavy (non-hydrogen) atoms. The van der Waals surface area contributed by atoms with E-state index in [1.165, 1.54) is 48.5 Å². The van der Waals surface area contributed by atoms with Gasteiger partial charge >= 0.3 is 0 Å². The highest BCUT2D eigenvalue weighted by Gasteiger charge is 2.45. The van der Waals surface area contributed by atoms with Crippen LogP contribution < -0.4 is 19.9 Å². The minimum Gasteiger partial charge on any atom is -0.457 e. The Kier molecular flexibility index (Phi) is 18.9. The molecular formula is C64H69N4O15S4+. The highest BCUT2D eigenvalue weighted by Crippen LogP contribution is 2.49. The van der Waals surface area contributed by atoms with Crippen LogP contribution in [-0.2, 0) is 67.4 Å². The van der Waals surface area contributed by atoms with Crippen molar-refractivity contribution in [2.75, 3.05) is 35.2 Å². The number of carbonyl (C=O) groups excluding carboxylic acids is 2. The Bertz CT molecular complexity index is 4270. The van der Waals surface area contributed by atoms with Crippen molar-refractivity contribution in [3.8, 4) is 17.6 Å². The minimum absolute atomic E-state index is 0.0817. The second kappa shape index (κ2) is 25.7. The Morgan fingerprint density at radius 3 is 2.00 bits per heavy atom. The standard InChI is InChI=1S/C64H68N4O15S4/c1-63(2)53-41-51(86(77,78)79)30-32-56(53)66(38-11-5-6-21-60(69)65-37-36-61(70)68-43-48-17-8-7-15-44(48)22-23-45-16-9-10-20-55(45)68)58(63)34-24-46-18-14-19-47(62(46)83-49-26-28-50(29-27-49)85(74,75)76)25-35-59-64(3,4)54-42-52(87(80,81)82)31-33-57(54)67(59)39-12-13-40-84(71,72)73/h7-10,15-17,20,24-35,41-42H,5-6,11-14,18-19,21,36-40,43H2,1-4H3,(H4-,65,69,71,72,73,74,75,76,77,78,79,80,81,82)/p+1. The molecule has 1 aliphatic carbocycles. The zero-order chi connectivity index (χ0) is 62.7. The van der Waals surface area contributed by atoms with Gasteiger partial charge in [0.2, 0.25) is 17.5 Å². The average molecular weight is 1260 g/mol. The van der Waals surface area contributed by atoms with Gasteiger partial charge < -0.3 is 19.9 Å². The number of benzene rings is 5. The van der Waals surface area contributed by atoms with Crippen LogP contribution in [0.5, 0.6) is 5.75 Å². The van der Waals surface area contributed by atoms with E-state index >= 15 is 0 Å². The van der Waals surface area contributed by atoms with E-state index in [9.17, 15) is 61.5 Å². The third kappa shape index (κ3) is 14.9. The molecule has 3 heterocycles. The zero-order valence-electron chi connectivity index (χ0n) is 48.6. The maximum atomic E-state index is 13.8. The van der Waals surface area contributed by atoms with E-state index in [2.05, 4.69) is 21.7 Å². The number of ether oxygens (including phenoxy) is 1. The van der Waals surface area contributed by atoms with Crippen LogP contribution in [0.3, 0.4) is 0 Å². The maximum Gasteiger partial charge on any atom is 0.294 e. The van der Waals surface area contributed by atoms with Gasteiger partial charge in [0.1, 0.15) is 18.1 Å². The van der Waals surface area contributed by atoms with Crippen molar-refractivity contribution in [1.29, 1.82) is 0 Å². The Morgan fingerprint density at radius 2 is 1.30 bits per heavy atom. The van der Waals surface area contributed by atoms with Crippen LogP contribution in [-0.4, -0.2) is 99.4 Å². The molecular weight excluding hydrogens is 1190 g/mol. The summed E-state index contributed by atoms with van der Waals surface area (Å²) in [4.78, 5) is 29.7. The summed E-state index contributed by atoms with van der Waals surface area (Å²) in [5.41, 5.74) is 7.04. The minimum atomic E-state index is -4.59. The monoisotopic (exact) mass is 1260 g/mol. The first kappa shape index (κ1) is 64.0. The summed E-state index contributed by atoms with van der Waals surface area (Å²) in [7, 11) is -18.0. The molecule has 0 fully saturated rings. The van der Waals surface area contributed by atoms with Gasteiger partial charge in [-0.05, 0) is 166 Å². The highest BCUT2D eigenvalue weighted by molar-refractivity contribution is 7.86. The first-order valence-electron chi connectivity index (χ1n) is 28.5. The van der Waals surface area contributed by atoms with E-state index in [0.717, 1.165) is 33.7 Å². The number of anilines is 2. The largest absolute Gasteiger partial charge is 0.457 e. The van der Waals surface area contributed by atoms with Crippen molar-refractivity contribution in [1.82, 2.24) is 5.32 Å². The van der Waals surface area contributed by atoms with E-state index < -0.39 is 57.1 Å². The van der Waals surface area contributed by atoms with E-state index in [1.54, 1.807) is 17.0 Å². The molecule has 5 N–H and O–H groups in total. The molecule has 2 amide bonds. The van der Waals surface area contributed by atoms with Gasteiger partial charge in [0, 0.05) is 78.0 Å². The Morgan fingerprint density at radius 1 is 0.655 bits per heavy atom. The quantitative estimate of drug-likeness (QED) is 0.0186. The molecule has 0 atom stereocenters. The van der Waals surface area contributed by atoms with Crippen LogP contribution in [0.15, 0.2) is 171 Å². The average Bonchev–Trinajstić information content (AvgIpc) is 1.61.